The van der Waals surface area contributed by atoms with E-state index in [-0.39, 0.29) is 46.7 Å². The van der Waals surface area contributed by atoms with E-state index in [9.17, 15) is 28.1 Å². The second-order valence-corrected chi connectivity index (χ2v) is 12.5. The molecule has 2 atom stereocenters. The minimum Gasteiger partial charge on any atom is -0.497 e. The average molecular weight is 645 g/mol. The minimum atomic E-state index is -4.52. The number of nitro groups is 1. The zero-order chi connectivity index (χ0) is 32.6. The third-order valence-corrected chi connectivity index (χ3v) is 9.43. The Morgan fingerprint density at radius 2 is 1.70 bits per heavy atom. The summed E-state index contributed by atoms with van der Waals surface area (Å²) < 4.78 is 34.3. The van der Waals surface area contributed by atoms with E-state index >= 15 is 0 Å². The largest absolute Gasteiger partial charge is 0.497 e. The van der Waals surface area contributed by atoms with Crippen molar-refractivity contribution in [1.29, 1.82) is 0 Å². The van der Waals surface area contributed by atoms with Gasteiger partial charge in [0.2, 0.25) is 11.8 Å². The summed E-state index contributed by atoms with van der Waals surface area (Å²) in [5.74, 6) is -0.594. The van der Waals surface area contributed by atoms with E-state index in [1.54, 1.807) is 31.2 Å². The molecule has 0 aliphatic carbocycles. The molecule has 44 heavy (non-hydrogen) atoms. The summed E-state index contributed by atoms with van der Waals surface area (Å²) in [6.07, 6.45) is 0.921. The van der Waals surface area contributed by atoms with Crippen LogP contribution in [-0.4, -0.2) is 55.8 Å². The van der Waals surface area contributed by atoms with Crippen LogP contribution in [0.25, 0.3) is 0 Å². The van der Waals surface area contributed by atoms with Crippen LogP contribution in [0.15, 0.2) is 71.6 Å². The molecule has 13 heteroatoms. The summed E-state index contributed by atoms with van der Waals surface area (Å²) >= 11 is 6.43. The van der Waals surface area contributed by atoms with Gasteiger partial charge in [-0.2, -0.15) is 0 Å². The SMILES string of the molecule is CC[C@@H](C)NC(=O)[C@H](CC)N(Cc1ccccc1Cl)C(=O)CN(c1ccc(OC)cc1)S(=O)(=O)c1ccc(C)c([N+](=O)[O-])c1. The predicted octanol–water partition coefficient (Wildman–Crippen LogP) is 5.48. The van der Waals surface area contributed by atoms with E-state index in [0.29, 0.717) is 22.8 Å². The summed E-state index contributed by atoms with van der Waals surface area (Å²) in [6, 6.07) is 15.4. The van der Waals surface area contributed by atoms with Gasteiger partial charge < -0.3 is 15.0 Å². The second kappa shape index (κ2) is 15.0. The smallest absolute Gasteiger partial charge is 0.273 e. The summed E-state index contributed by atoms with van der Waals surface area (Å²) in [4.78, 5) is 39.5. The van der Waals surface area contributed by atoms with Gasteiger partial charge >= 0.3 is 0 Å². The Labute approximate surface area is 263 Å². The van der Waals surface area contributed by atoms with Crippen molar-refractivity contribution in [3.05, 3.63) is 93.0 Å². The molecule has 0 aliphatic rings. The number of rotatable bonds is 14. The molecule has 3 aromatic carbocycles. The predicted molar refractivity (Wildman–Crippen MR) is 169 cm³/mol. The van der Waals surface area contributed by atoms with Crippen LogP contribution in [0.5, 0.6) is 5.75 Å². The Hall–Kier alpha value is -4.16. The standard InChI is InChI=1S/C31H37ClN4O7S/c1-6-22(4)33-31(38)28(7-2)34(19-23-10-8-9-11-27(23)32)30(37)20-35(24-13-15-25(43-5)16-14-24)44(41,42)26-17-12-21(3)29(18-26)36(39)40/h8-18,22,28H,6-7,19-20H2,1-5H3,(H,33,38)/t22-,28+/m1/s1. The Kier molecular flexibility index (Phi) is 11.7. The molecule has 11 nitrogen and oxygen atoms in total. The highest BCUT2D eigenvalue weighted by molar-refractivity contribution is 7.92. The molecule has 3 aromatic rings. The van der Waals surface area contributed by atoms with Gasteiger partial charge in [-0.15, -0.1) is 0 Å². The highest BCUT2D eigenvalue weighted by atomic mass is 35.5. The van der Waals surface area contributed by atoms with Gasteiger partial charge in [-0.05, 0) is 68.7 Å². The van der Waals surface area contributed by atoms with Crippen LogP contribution >= 0.6 is 11.6 Å². The fourth-order valence-electron chi connectivity index (χ4n) is 4.52. The highest BCUT2D eigenvalue weighted by Crippen LogP contribution is 2.30. The molecule has 0 spiro atoms. The van der Waals surface area contributed by atoms with Gasteiger partial charge in [0.25, 0.3) is 15.7 Å². The quantitative estimate of drug-likeness (QED) is 0.181. The van der Waals surface area contributed by atoms with Crippen LogP contribution < -0.4 is 14.4 Å². The first kappa shape index (κ1) is 34.3. The van der Waals surface area contributed by atoms with Crippen LogP contribution in [0.1, 0.15) is 44.7 Å². The summed E-state index contributed by atoms with van der Waals surface area (Å²) in [5.41, 5.74) is 0.604. The average Bonchev–Trinajstić information content (AvgIpc) is 3.00. The van der Waals surface area contributed by atoms with Crippen LogP contribution in [0.2, 0.25) is 5.02 Å². The van der Waals surface area contributed by atoms with Crippen LogP contribution in [-0.2, 0) is 26.2 Å². The lowest BCUT2D eigenvalue weighted by Crippen LogP contribution is -2.53. The molecule has 0 aliphatic heterocycles. The lowest BCUT2D eigenvalue weighted by atomic mass is 10.1. The number of aryl methyl sites for hydroxylation is 1. The number of carbonyl (C=O) groups excluding carboxylic acids is 2. The van der Waals surface area contributed by atoms with E-state index < -0.39 is 33.4 Å². The maximum absolute atomic E-state index is 14.2. The Balaban J connectivity index is 2.13. The van der Waals surface area contributed by atoms with Gasteiger partial charge in [-0.25, -0.2) is 8.42 Å². The number of hydrogen-bond acceptors (Lipinski definition) is 7. The van der Waals surface area contributed by atoms with Crippen molar-refractivity contribution in [2.24, 2.45) is 0 Å². The molecular formula is C31H37ClN4O7S. The molecular weight excluding hydrogens is 608 g/mol. The lowest BCUT2D eigenvalue weighted by Gasteiger charge is -2.34. The Bertz CT molecular complexity index is 1600. The molecule has 0 heterocycles. The number of carbonyl (C=O) groups is 2. The monoisotopic (exact) mass is 644 g/mol. The number of hydrogen-bond donors (Lipinski definition) is 1. The van der Waals surface area contributed by atoms with Crippen LogP contribution in [0.3, 0.4) is 0 Å². The number of nitrogens with one attached hydrogen (secondary N) is 1. The summed E-state index contributed by atoms with van der Waals surface area (Å²) in [7, 11) is -3.06. The molecule has 0 saturated heterocycles. The van der Waals surface area contributed by atoms with Crippen molar-refractivity contribution in [2.45, 2.75) is 64.1 Å². The number of nitrogens with zero attached hydrogens (tertiary/aromatic N) is 3. The van der Waals surface area contributed by atoms with E-state index in [2.05, 4.69) is 5.32 Å². The molecule has 2 amide bonds. The zero-order valence-corrected chi connectivity index (χ0v) is 26.9. The van der Waals surface area contributed by atoms with Crippen molar-refractivity contribution < 1.29 is 27.7 Å². The second-order valence-electron chi connectivity index (χ2n) is 10.3. The highest BCUT2D eigenvalue weighted by Gasteiger charge is 2.35. The number of anilines is 1. The first-order valence-corrected chi connectivity index (χ1v) is 15.9. The summed E-state index contributed by atoms with van der Waals surface area (Å²) in [6.45, 7) is 6.28. The van der Waals surface area contributed by atoms with E-state index in [1.165, 1.54) is 55.3 Å². The molecule has 0 saturated carbocycles. The number of ether oxygens (including phenoxy) is 1. The molecule has 1 N–H and O–H groups in total. The maximum Gasteiger partial charge on any atom is 0.273 e. The molecule has 0 fully saturated rings. The number of nitro benzene ring substituents is 1. The van der Waals surface area contributed by atoms with Gasteiger partial charge in [-0.1, -0.05) is 49.7 Å². The Morgan fingerprint density at radius 3 is 2.27 bits per heavy atom. The fourth-order valence-corrected chi connectivity index (χ4v) is 6.15. The molecule has 0 bridgehead atoms. The van der Waals surface area contributed by atoms with Gasteiger partial charge in [0.05, 0.1) is 22.6 Å². The third-order valence-electron chi connectivity index (χ3n) is 7.29. The van der Waals surface area contributed by atoms with E-state index in [4.69, 9.17) is 16.3 Å². The van der Waals surface area contributed by atoms with Crippen molar-refractivity contribution >= 4 is 44.8 Å². The fraction of sp³-hybridized carbons (Fsp3) is 0.355. The zero-order valence-electron chi connectivity index (χ0n) is 25.3. The first-order valence-electron chi connectivity index (χ1n) is 14.1. The molecule has 0 radical (unpaired) electrons. The number of benzene rings is 3. The summed E-state index contributed by atoms with van der Waals surface area (Å²) in [5, 5.41) is 14.9. The van der Waals surface area contributed by atoms with Gasteiger partial charge in [0, 0.05) is 29.2 Å². The minimum absolute atomic E-state index is 0.0581. The van der Waals surface area contributed by atoms with Crippen molar-refractivity contribution in [2.75, 3.05) is 18.0 Å². The maximum atomic E-state index is 14.2. The van der Waals surface area contributed by atoms with Crippen molar-refractivity contribution in [3.63, 3.8) is 0 Å². The topological polar surface area (TPSA) is 139 Å². The van der Waals surface area contributed by atoms with Gasteiger partial charge in [-0.3, -0.25) is 24.0 Å². The van der Waals surface area contributed by atoms with Crippen LogP contribution in [0.4, 0.5) is 11.4 Å². The van der Waals surface area contributed by atoms with Crippen molar-refractivity contribution in [3.8, 4) is 5.75 Å². The van der Waals surface area contributed by atoms with E-state index in [1.807, 2.05) is 13.8 Å². The van der Waals surface area contributed by atoms with Gasteiger partial charge in [0.15, 0.2) is 0 Å². The first-order chi connectivity index (χ1) is 20.8. The molecule has 0 unspecified atom stereocenters. The number of methoxy groups -OCH3 is 1. The molecule has 0 aromatic heterocycles. The molecule has 3 rings (SSSR count). The van der Waals surface area contributed by atoms with Crippen LogP contribution in [0, 0.1) is 17.0 Å². The van der Waals surface area contributed by atoms with E-state index in [0.717, 1.165) is 10.4 Å². The number of amides is 2. The normalized spacial score (nSPS) is 12.6. The van der Waals surface area contributed by atoms with Gasteiger partial charge in [0.1, 0.15) is 18.3 Å². The number of sulfonamides is 1. The van der Waals surface area contributed by atoms with Crippen molar-refractivity contribution in [1.82, 2.24) is 10.2 Å². The molecule has 236 valence electrons. The lowest BCUT2D eigenvalue weighted by molar-refractivity contribution is -0.385. The Morgan fingerprint density at radius 1 is 1.05 bits per heavy atom. The number of halogens is 1. The third kappa shape index (κ3) is 8.06.